The van der Waals surface area contributed by atoms with Gasteiger partial charge in [0, 0.05) is 41.3 Å². The van der Waals surface area contributed by atoms with Crippen LogP contribution in [0.5, 0.6) is 0 Å². The average Bonchev–Trinajstić information content (AvgIpc) is 3.57. The number of Topliss-reactive ketones (excluding diaryl/α,β-unsaturated/α-hetero) is 1. The number of carbonyl (C=O) groups excluding carboxylic acids is 2. The summed E-state index contributed by atoms with van der Waals surface area (Å²) in [4.78, 5) is 33.5. The van der Waals surface area contributed by atoms with Gasteiger partial charge in [-0.2, -0.15) is 0 Å². The van der Waals surface area contributed by atoms with Crippen LogP contribution in [-0.2, 0) is 17.6 Å². The molecule has 0 saturated heterocycles. The zero-order valence-electron chi connectivity index (χ0n) is 18.0. The number of para-hydroxylation sites is 1. The molecule has 3 aromatic rings. The van der Waals surface area contributed by atoms with E-state index in [1.54, 1.807) is 11.3 Å². The van der Waals surface area contributed by atoms with Crippen LogP contribution in [0.1, 0.15) is 50.6 Å². The lowest BCUT2D eigenvalue weighted by atomic mass is 9.98. The highest BCUT2D eigenvalue weighted by atomic mass is 32.1. The van der Waals surface area contributed by atoms with E-state index in [2.05, 4.69) is 6.07 Å². The molecule has 0 radical (unpaired) electrons. The van der Waals surface area contributed by atoms with Crippen LogP contribution in [0.15, 0.2) is 42.5 Å². The number of ketones is 1. The highest BCUT2D eigenvalue weighted by Gasteiger charge is 2.29. The predicted octanol–water partition coefficient (Wildman–Crippen LogP) is 5.54. The van der Waals surface area contributed by atoms with Crippen LogP contribution < -0.4 is 4.90 Å². The van der Waals surface area contributed by atoms with Crippen molar-refractivity contribution in [1.29, 1.82) is 0 Å². The van der Waals surface area contributed by atoms with Crippen molar-refractivity contribution < 1.29 is 9.59 Å². The molecule has 4 nitrogen and oxygen atoms in total. The number of hydrogen-bond acceptors (Lipinski definition) is 4. The van der Waals surface area contributed by atoms with Crippen molar-refractivity contribution in [3.05, 3.63) is 69.0 Å². The van der Waals surface area contributed by atoms with Crippen molar-refractivity contribution in [2.45, 2.75) is 46.0 Å². The third-order valence-electron chi connectivity index (χ3n) is 6.32. The molecule has 0 N–H and O–H groups in total. The summed E-state index contributed by atoms with van der Waals surface area (Å²) in [5.41, 5.74) is 5.89. The minimum Gasteiger partial charge on any atom is -0.307 e. The van der Waals surface area contributed by atoms with Crippen LogP contribution in [-0.4, -0.2) is 23.2 Å². The van der Waals surface area contributed by atoms with Gasteiger partial charge in [-0.1, -0.05) is 24.3 Å². The monoisotopic (exact) mass is 430 g/mol. The molecule has 1 saturated carbocycles. The van der Waals surface area contributed by atoms with Gasteiger partial charge in [0.2, 0.25) is 0 Å². The molecule has 2 aromatic carbocycles. The standard InChI is InChI=1S/C26H26N2O2S/c1-16-15-20(10-7-18(16)11-12-23(29)19-8-9-19)26(30)28-14-13-24-25(27-17(2)31-24)21-5-3-4-6-22(21)28/h3-7,10,15,19H,8-9,11-14H2,1-2H3. The molecule has 5 rings (SSSR count). The van der Waals surface area contributed by atoms with Crippen molar-refractivity contribution in [3.8, 4) is 11.3 Å². The van der Waals surface area contributed by atoms with Gasteiger partial charge in [0.15, 0.2) is 0 Å². The molecule has 5 heteroatoms. The van der Waals surface area contributed by atoms with Crippen molar-refractivity contribution >= 4 is 28.7 Å². The van der Waals surface area contributed by atoms with Crippen LogP contribution in [0.25, 0.3) is 11.3 Å². The minimum atomic E-state index is 0.0167. The van der Waals surface area contributed by atoms with Gasteiger partial charge in [0.1, 0.15) is 5.78 Å². The summed E-state index contributed by atoms with van der Waals surface area (Å²) in [6, 6.07) is 14.0. The molecule has 0 atom stereocenters. The summed E-state index contributed by atoms with van der Waals surface area (Å²) in [5, 5.41) is 1.06. The normalized spacial score (nSPS) is 15.2. The predicted molar refractivity (Wildman–Crippen MR) is 125 cm³/mol. The van der Waals surface area contributed by atoms with E-state index in [0.717, 1.165) is 58.8 Å². The molecule has 1 aromatic heterocycles. The van der Waals surface area contributed by atoms with Gasteiger partial charge in [-0.3, -0.25) is 9.59 Å². The fourth-order valence-electron chi connectivity index (χ4n) is 4.44. The lowest BCUT2D eigenvalue weighted by molar-refractivity contribution is -0.120. The Morgan fingerprint density at radius 2 is 1.94 bits per heavy atom. The highest BCUT2D eigenvalue weighted by Crippen LogP contribution is 2.38. The minimum absolute atomic E-state index is 0.0167. The summed E-state index contributed by atoms with van der Waals surface area (Å²) in [6.45, 7) is 4.71. The van der Waals surface area contributed by atoms with E-state index >= 15 is 0 Å². The van der Waals surface area contributed by atoms with E-state index in [0.29, 0.717) is 30.2 Å². The number of nitrogens with zero attached hydrogens (tertiary/aromatic N) is 2. The Bertz CT molecular complexity index is 1180. The average molecular weight is 431 g/mol. The Balaban J connectivity index is 1.40. The Labute approximate surface area is 186 Å². The van der Waals surface area contributed by atoms with Gasteiger partial charge in [-0.05, 0) is 62.4 Å². The molecular formula is C26H26N2O2S. The number of amides is 1. The highest BCUT2D eigenvalue weighted by molar-refractivity contribution is 7.12. The van der Waals surface area contributed by atoms with Crippen molar-refractivity contribution in [2.75, 3.05) is 11.4 Å². The second-order valence-corrected chi connectivity index (χ2v) is 9.90. The van der Waals surface area contributed by atoms with E-state index in [1.165, 1.54) is 4.88 Å². The number of hydrogen-bond donors (Lipinski definition) is 0. The van der Waals surface area contributed by atoms with Crippen LogP contribution in [0.2, 0.25) is 0 Å². The van der Waals surface area contributed by atoms with E-state index in [1.807, 2.05) is 55.1 Å². The van der Waals surface area contributed by atoms with Crippen molar-refractivity contribution in [2.24, 2.45) is 5.92 Å². The second-order valence-electron chi connectivity index (χ2n) is 8.61. The number of benzene rings is 2. The zero-order valence-corrected chi connectivity index (χ0v) is 18.8. The smallest absolute Gasteiger partial charge is 0.258 e. The van der Waals surface area contributed by atoms with E-state index in [4.69, 9.17) is 4.98 Å². The lowest BCUT2D eigenvalue weighted by Crippen LogP contribution is -2.32. The zero-order chi connectivity index (χ0) is 21.5. The Morgan fingerprint density at radius 3 is 2.71 bits per heavy atom. The van der Waals surface area contributed by atoms with Crippen molar-refractivity contribution in [1.82, 2.24) is 4.98 Å². The summed E-state index contributed by atoms with van der Waals surface area (Å²) < 4.78 is 0. The SMILES string of the molecule is Cc1nc2c(s1)CCN(C(=O)c1ccc(CCC(=O)C3CC3)c(C)c1)c1ccccc1-2. The van der Waals surface area contributed by atoms with E-state index in [9.17, 15) is 9.59 Å². The van der Waals surface area contributed by atoms with E-state index < -0.39 is 0 Å². The first-order valence-corrected chi connectivity index (χ1v) is 11.8. The van der Waals surface area contributed by atoms with Crippen molar-refractivity contribution in [3.63, 3.8) is 0 Å². The van der Waals surface area contributed by atoms with Gasteiger partial charge < -0.3 is 4.90 Å². The number of anilines is 1. The van der Waals surface area contributed by atoms with Gasteiger partial charge in [-0.25, -0.2) is 4.98 Å². The molecule has 0 bridgehead atoms. The topological polar surface area (TPSA) is 50.3 Å². The quantitative estimate of drug-likeness (QED) is 0.534. The Kier molecular flexibility index (Phi) is 5.22. The molecule has 31 heavy (non-hydrogen) atoms. The molecule has 0 unspecified atom stereocenters. The molecule has 1 aliphatic carbocycles. The third kappa shape index (κ3) is 3.94. The maximum Gasteiger partial charge on any atom is 0.258 e. The summed E-state index contributed by atoms with van der Waals surface area (Å²) in [6.07, 6.45) is 4.29. The molecule has 2 aliphatic rings. The van der Waals surface area contributed by atoms with Gasteiger partial charge in [-0.15, -0.1) is 11.3 Å². The molecule has 1 fully saturated rings. The maximum atomic E-state index is 13.5. The molecular weight excluding hydrogens is 404 g/mol. The molecule has 1 amide bonds. The van der Waals surface area contributed by atoms with Gasteiger partial charge in [0.25, 0.3) is 5.91 Å². The molecule has 2 heterocycles. The number of aromatic nitrogens is 1. The molecule has 1 aliphatic heterocycles. The second kappa shape index (κ2) is 8.04. The Hall–Kier alpha value is -2.79. The first-order chi connectivity index (χ1) is 15.0. The van der Waals surface area contributed by atoms with Crippen LogP contribution in [0.4, 0.5) is 5.69 Å². The fraction of sp³-hybridized carbons (Fsp3) is 0.346. The van der Waals surface area contributed by atoms with Crippen LogP contribution in [0, 0.1) is 19.8 Å². The maximum absolute atomic E-state index is 13.5. The lowest BCUT2D eigenvalue weighted by Gasteiger charge is -2.23. The van der Waals surface area contributed by atoms with E-state index in [-0.39, 0.29) is 5.91 Å². The summed E-state index contributed by atoms with van der Waals surface area (Å²) >= 11 is 1.72. The number of carbonyl (C=O) groups is 2. The number of aryl methyl sites for hydroxylation is 3. The number of thiazole rings is 1. The van der Waals surface area contributed by atoms with Crippen LogP contribution >= 0.6 is 11.3 Å². The summed E-state index contributed by atoms with van der Waals surface area (Å²) in [5.74, 6) is 0.714. The third-order valence-corrected chi connectivity index (χ3v) is 7.36. The van der Waals surface area contributed by atoms with Crippen LogP contribution in [0.3, 0.4) is 0 Å². The van der Waals surface area contributed by atoms with Gasteiger partial charge >= 0.3 is 0 Å². The molecule has 0 spiro atoms. The largest absolute Gasteiger partial charge is 0.307 e. The first kappa shape index (κ1) is 20.1. The summed E-state index contributed by atoms with van der Waals surface area (Å²) in [7, 11) is 0. The number of rotatable bonds is 5. The first-order valence-electron chi connectivity index (χ1n) is 11.0. The Morgan fingerprint density at radius 1 is 1.13 bits per heavy atom. The fourth-order valence-corrected chi connectivity index (χ4v) is 5.37. The molecule has 158 valence electrons. The van der Waals surface area contributed by atoms with Gasteiger partial charge in [0.05, 0.1) is 16.4 Å². The number of fused-ring (bicyclic) bond motifs is 3.